The number of halogens is 1. The van der Waals surface area contributed by atoms with E-state index in [0.29, 0.717) is 18.9 Å². The van der Waals surface area contributed by atoms with Crippen LogP contribution in [0.1, 0.15) is 18.9 Å². The highest BCUT2D eigenvalue weighted by Crippen LogP contribution is 2.32. The standard InChI is InChI=1S/C18H19ClO2/c1-14(20)10-11-15-6-2-3-7-16(15)17-8-4-5-9-18(17)21-13-12-19/h2-9H,10-13H2,1H3. The van der Waals surface area contributed by atoms with E-state index in [0.717, 1.165) is 28.9 Å². The molecular formula is C18H19ClO2. The molecule has 0 saturated heterocycles. The highest BCUT2D eigenvalue weighted by molar-refractivity contribution is 6.18. The molecule has 110 valence electrons. The maximum atomic E-state index is 11.2. The third-order valence-corrected chi connectivity index (χ3v) is 3.43. The van der Waals surface area contributed by atoms with E-state index in [1.807, 2.05) is 36.4 Å². The molecule has 0 spiro atoms. The molecule has 0 amide bonds. The minimum Gasteiger partial charge on any atom is -0.492 e. The molecule has 0 unspecified atom stereocenters. The first-order valence-corrected chi connectivity index (χ1v) is 7.61. The molecule has 0 aliphatic heterocycles. The number of para-hydroxylation sites is 1. The first-order chi connectivity index (χ1) is 10.2. The van der Waals surface area contributed by atoms with Crippen LogP contribution in [0.15, 0.2) is 48.5 Å². The van der Waals surface area contributed by atoms with Gasteiger partial charge < -0.3 is 9.53 Å². The first kappa shape index (κ1) is 15.6. The third kappa shape index (κ3) is 4.33. The van der Waals surface area contributed by atoms with Crippen molar-refractivity contribution in [1.29, 1.82) is 0 Å². The summed E-state index contributed by atoms with van der Waals surface area (Å²) < 4.78 is 5.72. The van der Waals surface area contributed by atoms with E-state index < -0.39 is 0 Å². The number of Topliss-reactive ketones (excluding diaryl/α,β-unsaturated/α-hetero) is 1. The van der Waals surface area contributed by atoms with Gasteiger partial charge in [0, 0.05) is 12.0 Å². The van der Waals surface area contributed by atoms with E-state index in [2.05, 4.69) is 12.1 Å². The Balaban J connectivity index is 2.35. The highest BCUT2D eigenvalue weighted by Gasteiger charge is 2.10. The van der Waals surface area contributed by atoms with E-state index in [-0.39, 0.29) is 5.78 Å². The van der Waals surface area contributed by atoms with Gasteiger partial charge in [0.25, 0.3) is 0 Å². The van der Waals surface area contributed by atoms with Crippen molar-refractivity contribution in [3.8, 4) is 16.9 Å². The van der Waals surface area contributed by atoms with Gasteiger partial charge in [0.05, 0.1) is 5.88 Å². The topological polar surface area (TPSA) is 26.3 Å². The molecule has 0 aromatic heterocycles. The number of hydrogen-bond donors (Lipinski definition) is 0. The summed E-state index contributed by atoms with van der Waals surface area (Å²) in [6.07, 6.45) is 1.30. The number of benzene rings is 2. The van der Waals surface area contributed by atoms with Crippen molar-refractivity contribution < 1.29 is 9.53 Å². The van der Waals surface area contributed by atoms with Crippen LogP contribution in [0.25, 0.3) is 11.1 Å². The number of hydrogen-bond acceptors (Lipinski definition) is 2. The van der Waals surface area contributed by atoms with Gasteiger partial charge in [-0.05, 0) is 30.5 Å². The molecule has 0 saturated carbocycles. The minimum atomic E-state index is 0.205. The molecule has 0 aliphatic rings. The zero-order valence-electron chi connectivity index (χ0n) is 12.1. The lowest BCUT2D eigenvalue weighted by molar-refractivity contribution is -0.116. The summed E-state index contributed by atoms with van der Waals surface area (Å²) in [7, 11) is 0. The van der Waals surface area contributed by atoms with E-state index in [1.165, 1.54) is 0 Å². The predicted molar refractivity (Wildman–Crippen MR) is 87.1 cm³/mol. The normalized spacial score (nSPS) is 10.4. The van der Waals surface area contributed by atoms with Gasteiger partial charge in [0.15, 0.2) is 0 Å². The number of ether oxygens (including phenoxy) is 1. The SMILES string of the molecule is CC(=O)CCc1ccccc1-c1ccccc1OCCCl. The molecule has 0 radical (unpaired) electrons. The fraction of sp³-hybridized carbons (Fsp3) is 0.278. The van der Waals surface area contributed by atoms with Gasteiger partial charge in [-0.3, -0.25) is 0 Å². The summed E-state index contributed by atoms with van der Waals surface area (Å²) in [6, 6.07) is 16.1. The molecule has 2 aromatic carbocycles. The van der Waals surface area contributed by atoms with Gasteiger partial charge in [-0.25, -0.2) is 0 Å². The fourth-order valence-corrected chi connectivity index (χ4v) is 2.35. The first-order valence-electron chi connectivity index (χ1n) is 7.08. The number of ketones is 1. The van der Waals surface area contributed by atoms with Crippen LogP contribution >= 0.6 is 11.6 Å². The quantitative estimate of drug-likeness (QED) is 0.704. The molecule has 2 nitrogen and oxygen atoms in total. The Labute approximate surface area is 130 Å². The van der Waals surface area contributed by atoms with Gasteiger partial charge in [0.2, 0.25) is 0 Å². The molecule has 0 bridgehead atoms. The van der Waals surface area contributed by atoms with E-state index in [9.17, 15) is 4.79 Å². The van der Waals surface area contributed by atoms with Crippen LogP contribution in [-0.2, 0) is 11.2 Å². The Kier molecular flexibility index (Phi) is 5.82. The summed E-state index contributed by atoms with van der Waals surface area (Å²) in [5, 5.41) is 0. The van der Waals surface area contributed by atoms with E-state index in [4.69, 9.17) is 16.3 Å². The van der Waals surface area contributed by atoms with Crippen molar-refractivity contribution in [2.45, 2.75) is 19.8 Å². The summed E-state index contributed by atoms with van der Waals surface area (Å²) in [5.41, 5.74) is 3.32. The molecule has 0 heterocycles. The molecule has 0 atom stereocenters. The second kappa shape index (κ2) is 7.84. The van der Waals surface area contributed by atoms with Crippen molar-refractivity contribution in [3.63, 3.8) is 0 Å². The van der Waals surface area contributed by atoms with Crippen LogP contribution in [0, 0.1) is 0 Å². The van der Waals surface area contributed by atoms with Crippen LogP contribution < -0.4 is 4.74 Å². The maximum absolute atomic E-state index is 11.2. The Morgan fingerprint density at radius 3 is 2.43 bits per heavy atom. The van der Waals surface area contributed by atoms with Crippen LogP contribution in [0.5, 0.6) is 5.75 Å². The Morgan fingerprint density at radius 1 is 1.05 bits per heavy atom. The molecule has 2 rings (SSSR count). The number of rotatable bonds is 7. The Bertz CT molecular complexity index is 608. The summed E-state index contributed by atoms with van der Waals surface area (Å²) >= 11 is 5.70. The van der Waals surface area contributed by atoms with Crippen molar-refractivity contribution in [2.24, 2.45) is 0 Å². The summed E-state index contributed by atoms with van der Waals surface area (Å²) in [4.78, 5) is 11.2. The lowest BCUT2D eigenvalue weighted by Crippen LogP contribution is -2.01. The highest BCUT2D eigenvalue weighted by atomic mass is 35.5. The lowest BCUT2D eigenvalue weighted by atomic mass is 9.95. The molecule has 21 heavy (non-hydrogen) atoms. The third-order valence-electron chi connectivity index (χ3n) is 3.28. The molecule has 0 fully saturated rings. The van der Waals surface area contributed by atoms with Crippen molar-refractivity contribution in [3.05, 3.63) is 54.1 Å². The minimum absolute atomic E-state index is 0.205. The van der Waals surface area contributed by atoms with Crippen LogP contribution in [0.2, 0.25) is 0 Å². The second-order valence-corrected chi connectivity index (χ2v) is 5.27. The predicted octanol–water partition coefficient (Wildman–Crippen LogP) is 4.49. The Morgan fingerprint density at radius 2 is 1.71 bits per heavy atom. The molecule has 2 aromatic rings. The van der Waals surface area contributed by atoms with Crippen LogP contribution in [0.4, 0.5) is 0 Å². The van der Waals surface area contributed by atoms with Crippen molar-refractivity contribution in [1.82, 2.24) is 0 Å². The second-order valence-electron chi connectivity index (χ2n) is 4.89. The maximum Gasteiger partial charge on any atom is 0.130 e. The van der Waals surface area contributed by atoms with Gasteiger partial charge in [-0.1, -0.05) is 42.5 Å². The van der Waals surface area contributed by atoms with Gasteiger partial charge in [-0.15, -0.1) is 11.6 Å². The van der Waals surface area contributed by atoms with E-state index in [1.54, 1.807) is 6.92 Å². The monoisotopic (exact) mass is 302 g/mol. The van der Waals surface area contributed by atoms with Crippen LogP contribution in [0.3, 0.4) is 0 Å². The van der Waals surface area contributed by atoms with E-state index >= 15 is 0 Å². The summed E-state index contributed by atoms with van der Waals surface area (Å²) in [5.74, 6) is 1.49. The van der Waals surface area contributed by atoms with Gasteiger partial charge in [0.1, 0.15) is 18.1 Å². The molecule has 0 N–H and O–H groups in total. The summed E-state index contributed by atoms with van der Waals surface area (Å²) in [6.45, 7) is 2.11. The average molecular weight is 303 g/mol. The van der Waals surface area contributed by atoms with Crippen LogP contribution in [-0.4, -0.2) is 18.3 Å². The zero-order valence-corrected chi connectivity index (χ0v) is 12.9. The largest absolute Gasteiger partial charge is 0.492 e. The lowest BCUT2D eigenvalue weighted by Gasteiger charge is -2.14. The molecule has 3 heteroatoms. The number of aryl methyl sites for hydroxylation is 1. The van der Waals surface area contributed by atoms with Crippen molar-refractivity contribution >= 4 is 17.4 Å². The average Bonchev–Trinajstić information content (AvgIpc) is 2.51. The van der Waals surface area contributed by atoms with Crippen molar-refractivity contribution in [2.75, 3.05) is 12.5 Å². The number of alkyl halides is 1. The van der Waals surface area contributed by atoms with Gasteiger partial charge in [-0.2, -0.15) is 0 Å². The molecule has 0 aliphatic carbocycles. The van der Waals surface area contributed by atoms with Gasteiger partial charge >= 0.3 is 0 Å². The zero-order chi connectivity index (χ0) is 15.1. The fourth-order valence-electron chi connectivity index (χ4n) is 2.28. The Hall–Kier alpha value is -1.80. The number of carbonyl (C=O) groups is 1. The number of carbonyl (C=O) groups excluding carboxylic acids is 1. The smallest absolute Gasteiger partial charge is 0.130 e. The molecular weight excluding hydrogens is 284 g/mol.